The molecule has 2 N–H and O–H groups in total. The van der Waals surface area contributed by atoms with Crippen LogP contribution in [0.4, 0.5) is 0 Å². The zero-order valence-electron chi connectivity index (χ0n) is 12.7. The van der Waals surface area contributed by atoms with Gasteiger partial charge in [-0.05, 0) is 25.7 Å². The van der Waals surface area contributed by atoms with Crippen molar-refractivity contribution in [2.24, 2.45) is 11.1 Å². The van der Waals surface area contributed by atoms with Gasteiger partial charge in [-0.1, -0.05) is 59.3 Å². The number of hydrogen-bond acceptors (Lipinski definition) is 1. The first-order valence-corrected chi connectivity index (χ1v) is 6.30. The minimum absolute atomic E-state index is 0.191. The summed E-state index contributed by atoms with van der Waals surface area (Å²) in [6.07, 6.45) is 5.04. The van der Waals surface area contributed by atoms with Crippen LogP contribution in [0.3, 0.4) is 0 Å². The highest BCUT2D eigenvalue weighted by Crippen LogP contribution is 2.22. The minimum atomic E-state index is 0.191. The van der Waals surface area contributed by atoms with Crippen LogP contribution in [0.2, 0.25) is 0 Å². The lowest BCUT2D eigenvalue weighted by Gasteiger charge is -2.27. The van der Waals surface area contributed by atoms with E-state index in [2.05, 4.69) is 47.3 Å². The lowest BCUT2D eigenvalue weighted by Crippen LogP contribution is -2.35. The second-order valence-corrected chi connectivity index (χ2v) is 4.57. The van der Waals surface area contributed by atoms with E-state index in [4.69, 9.17) is 5.73 Å². The molecule has 1 heteroatoms. The van der Waals surface area contributed by atoms with Gasteiger partial charge in [0.2, 0.25) is 0 Å². The van der Waals surface area contributed by atoms with E-state index in [1.54, 1.807) is 0 Å². The van der Waals surface area contributed by atoms with Crippen molar-refractivity contribution in [3.63, 3.8) is 0 Å². The van der Waals surface area contributed by atoms with Crippen LogP contribution in [0.25, 0.3) is 0 Å². The summed E-state index contributed by atoms with van der Waals surface area (Å²) < 4.78 is 0. The minimum Gasteiger partial charge on any atom is -0.324 e. The molecule has 0 saturated carbocycles. The molecule has 0 aliphatic heterocycles. The summed E-state index contributed by atoms with van der Waals surface area (Å²) >= 11 is 0. The fraction of sp³-hybridized carbons (Fsp3) is 0.733. The van der Waals surface area contributed by atoms with Gasteiger partial charge < -0.3 is 5.73 Å². The van der Waals surface area contributed by atoms with Gasteiger partial charge in [0.1, 0.15) is 0 Å². The van der Waals surface area contributed by atoms with Gasteiger partial charge in [0.25, 0.3) is 0 Å². The molecular formula is C15H33N. The van der Waals surface area contributed by atoms with Gasteiger partial charge in [-0.3, -0.25) is 0 Å². The van der Waals surface area contributed by atoms with Crippen LogP contribution < -0.4 is 5.73 Å². The molecule has 0 aromatic heterocycles. The summed E-state index contributed by atoms with van der Waals surface area (Å²) in [7, 11) is 0. The van der Waals surface area contributed by atoms with E-state index < -0.39 is 0 Å². The summed E-state index contributed by atoms with van der Waals surface area (Å²) in [5.41, 5.74) is 7.40. The summed E-state index contributed by atoms with van der Waals surface area (Å²) in [5, 5.41) is 0. The van der Waals surface area contributed by atoms with Gasteiger partial charge in [0, 0.05) is 6.04 Å². The maximum atomic E-state index is 5.94. The standard InChI is InChI=1S/C9H19N.C4H8.C2H6/c1-6-7(2)8(10)9(3,4)5;1-3-4-2;1-2/h6,8H,10H2,1-5H3;3H,1,4H2,2H3;1-2H3/b7-6+;;/t8-;;/m0../s1. The Balaban J connectivity index is -0.000000237. The van der Waals surface area contributed by atoms with Crippen molar-refractivity contribution in [3.05, 3.63) is 24.3 Å². The highest BCUT2D eigenvalue weighted by atomic mass is 14.7. The van der Waals surface area contributed by atoms with Crippen molar-refractivity contribution in [1.82, 2.24) is 0 Å². The molecule has 0 amide bonds. The molecule has 0 unspecified atom stereocenters. The Bertz CT molecular complexity index is 172. The molecule has 0 saturated heterocycles. The first-order chi connectivity index (χ1) is 7.31. The maximum absolute atomic E-state index is 5.94. The van der Waals surface area contributed by atoms with Gasteiger partial charge in [0.05, 0.1) is 0 Å². The number of nitrogens with two attached hydrogens (primary N) is 1. The molecule has 0 radical (unpaired) electrons. The molecule has 0 fully saturated rings. The highest BCUT2D eigenvalue weighted by molar-refractivity contribution is 5.09. The van der Waals surface area contributed by atoms with Crippen LogP contribution in [-0.2, 0) is 0 Å². The van der Waals surface area contributed by atoms with E-state index in [0.717, 1.165) is 6.42 Å². The lowest BCUT2D eigenvalue weighted by molar-refractivity contribution is 0.353. The van der Waals surface area contributed by atoms with E-state index >= 15 is 0 Å². The third kappa shape index (κ3) is 13.4. The van der Waals surface area contributed by atoms with Gasteiger partial charge in [0.15, 0.2) is 0 Å². The van der Waals surface area contributed by atoms with Gasteiger partial charge in [-0.25, -0.2) is 0 Å². The quantitative estimate of drug-likeness (QED) is 0.665. The topological polar surface area (TPSA) is 26.0 Å². The van der Waals surface area contributed by atoms with Crippen LogP contribution in [0.1, 0.15) is 61.8 Å². The fourth-order valence-electron chi connectivity index (χ4n) is 0.863. The largest absolute Gasteiger partial charge is 0.324 e. The van der Waals surface area contributed by atoms with Crippen molar-refractivity contribution in [2.45, 2.75) is 67.9 Å². The third-order valence-electron chi connectivity index (χ3n) is 2.17. The first-order valence-electron chi connectivity index (χ1n) is 6.30. The zero-order chi connectivity index (χ0) is 13.8. The van der Waals surface area contributed by atoms with E-state index in [-0.39, 0.29) is 11.5 Å². The van der Waals surface area contributed by atoms with Crippen molar-refractivity contribution in [1.29, 1.82) is 0 Å². The molecule has 16 heavy (non-hydrogen) atoms. The van der Waals surface area contributed by atoms with E-state index in [1.165, 1.54) is 5.57 Å². The van der Waals surface area contributed by atoms with Crippen LogP contribution in [0.15, 0.2) is 24.3 Å². The summed E-state index contributed by atoms with van der Waals surface area (Å²) in [4.78, 5) is 0. The van der Waals surface area contributed by atoms with Crippen LogP contribution in [0.5, 0.6) is 0 Å². The Labute approximate surface area is 104 Å². The Morgan fingerprint density at radius 2 is 1.62 bits per heavy atom. The number of rotatable bonds is 2. The average Bonchev–Trinajstić information content (AvgIpc) is 2.28. The second-order valence-electron chi connectivity index (χ2n) is 4.57. The second kappa shape index (κ2) is 12.5. The molecule has 0 spiro atoms. The normalized spacial score (nSPS) is 12.7. The summed E-state index contributed by atoms with van der Waals surface area (Å²) in [6.45, 7) is 20.1. The van der Waals surface area contributed by atoms with E-state index in [1.807, 2.05) is 26.8 Å². The smallest absolute Gasteiger partial charge is 0.0300 e. The predicted molar refractivity (Wildman–Crippen MR) is 78.7 cm³/mol. The van der Waals surface area contributed by atoms with Crippen molar-refractivity contribution in [3.8, 4) is 0 Å². The molecule has 0 heterocycles. The molecular weight excluding hydrogens is 194 g/mol. The monoisotopic (exact) mass is 227 g/mol. The Morgan fingerprint density at radius 3 is 1.69 bits per heavy atom. The molecule has 98 valence electrons. The number of allylic oxidation sites excluding steroid dienone is 2. The van der Waals surface area contributed by atoms with E-state index in [0.29, 0.717) is 0 Å². The third-order valence-corrected chi connectivity index (χ3v) is 2.17. The fourth-order valence-corrected chi connectivity index (χ4v) is 0.863. The molecule has 0 aliphatic rings. The van der Waals surface area contributed by atoms with Crippen molar-refractivity contribution in [2.75, 3.05) is 0 Å². The Kier molecular flexibility index (Phi) is 16.3. The van der Waals surface area contributed by atoms with E-state index in [9.17, 15) is 0 Å². The molecule has 0 bridgehead atoms. The average molecular weight is 227 g/mol. The highest BCUT2D eigenvalue weighted by Gasteiger charge is 2.20. The molecule has 0 aliphatic carbocycles. The number of hydrogen-bond donors (Lipinski definition) is 1. The molecule has 0 aromatic carbocycles. The molecule has 1 atom stereocenters. The molecule has 1 nitrogen and oxygen atoms in total. The Hall–Kier alpha value is -0.560. The lowest BCUT2D eigenvalue weighted by atomic mass is 9.83. The van der Waals surface area contributed by atoms with Crippen molar-refractivity contribution < 1.29 is 0 Å². The SMILES string of the molecule is C/C=C(\C)[C@H](N)C(C)(C)C.C=CCC.CC. The van der Waals surface area contributed by atoms with Crippen molar-refractivity contribution >= 4 is 0 Å². The first kappa shape index (κ1) is 20.8. The summed E-state index contributed by atoms with van der Waals surface area (Å²) in [5.74, 6) is 0. The van der Waals surface area contributed by atoms with Gasteiger partial charge in [-0.2, -0.15) is 0 Å². The molecule has 0 rings (SSSR count). The van der Waals surface area contributed by atoms with Gasteiger partial charge in [-0.15, -0.1) is 6.58 Å². The predicted octanol–water partition coefficient (Wildman–Crippen LogP) is 4.93. The summed E-state index contributed by atoms with van der Waals surface area (Å²) in [6, 6.07) is 0.192. The van der Waals surface area contributed by atoms with Crippen LogP contribution in [0, 0.1) is 5.41 Å². The van der Waals surface area contributed by atoms with Gasteiger partial charge >= 0.3 is 0 Å². The van der Waals surface area contributed by atoms with Crippen LogP contribution in [-0.4, -0.2) is 6.04 Å². The Morgan fingerprint density at radius 1 is 1.31 bits per heavy atom. The maximum Gasteiger partial charge on any atom is 0.0300 e. The van der Waals surface area contributed by atoms with Crippen LogP contribution >= 0.6 is 0 Å². The zero-order valence-corrected chi connectivity index (χ0v) is 12.7. The molecule has 0 aromatic rings.